The summed E-state index contributed by atoms with van der Waals surface area (Å²) in [5.41, 5.74) is 5.12. The van der Waals surface area contributed by atoms with E-state index in [4.69, 9.17) is 5.73 Å². The lowest BCUT2D eigenvalue weighted by Gasteiger charge is -2.25. The first kappa shape index (κ1) is 15.9. The highest BCUT2D eigenvalue weighted by Crippen LogP contribution is 2.19. The average molecular weight is 243 g/mol. The highest BCUT2D eigenvalue weighted by Gasteiger charge is 2.18. The first-order chi connectivity index (χ1) is 7.88. The highest BCUT2D eigenvalue weighted by atomic mass is 16.2. The van der Waals surface area contributed by atoms with Crippen molar-refractivity contribution < 1.29 is 9.59 Å². The van der Waals surface area contributed by atoms with Gasteiger partial charge in [0.25, 0.3) is 0 Å². The molecule has 0 aliphatic rings. The van der Waals surface area contributed by atoms with E-state index < -0.39 is 0 Å². The van der Waals surface area contributed by atoms with Gasteiger partial charge in [0.1, 0.15) is 0 Å². The Bertz CT molecular complexity index is 244. The van der Waals surface area contributed by atoms with Crippen molar-refractivity contribution in [1.82, 2.24) is 10.6 Å². The zero-order valence-corrected chi connectivity index (χ0v) is 11.2. The van der Waals surface area contributed by atoms with Crippen molar-refractivity contribution in [1.29, 1.82) is 0 Å². The summed E-state index contributed by atoms with van der Waals surface area (Å²) in [6, 6.07) is 0. The van der Waals surface area contributed by atoms with Crippen LogP contribution in [-0.4, -0.2) is 31.4 Å². The van der Waals surface area contributed by atoms with Crippen LogP contribution in [0.3, 0.4) is 0 Å². The minimum Gasteiger partial charge on any atom is -0.354 e. The normalized spacial score (nSPS) is 11.1. The van der Waals surface area contributed by atoms with Crippen LogP contribution in [-0.2, 0) is 9.59 Å². The maximum absolute atomic E-state index is 11.4. The minimum absolute atomic E-state index is 0.00105. The van der Waals surface area contributed by atoms with Crippen molar-refractivity contribution in [3.63, 3.8) is 0 Å². The molecule has 0 spiro atoms. The standard InChI is InChI=1S/C12H25N3O2/c1-8(2)10(9(3)4)6-14-12(17)7-15-11(16)5-13/h8-10H,5-7,13H2,1-4H3,(H,14,17)(H,15,16). The number of amides is 2. The van der Waals surface area contributed by atoms with E-state index >= 15 is 0 Å². The fraction of sp³-hybridized carbons (Fsp3) is 0.833. The van der Waals surface area contributed by atoms with E-state index in [1.54, 1.807) is 0 Å². The largest absolute Gasteiger partial charge is 0.354 e. The first-order valence-electron chi connectivity index (χ1n) is 6.12. The van der Waals surface area contributed by atoms with Crippen molar-refractivity contribution in [2.24, 2.45) is 23.5 Å². The van der Waals surface area contributed by atoms with Crippen LogP contribution in [0.2, 0.25) is 0 Å². The van der Waals surface area contributed by atoms with Gasteiger partial charge in [-0.15, -0.1) is 0 Å². The lowest BCUT2D eigenvalue weighted by Crippen LogP contribution is -2.42. The van der Waals surface area contributed by atoms with Gasteiger partial charge in [-0.2, -0.15) is 0 Å². The Balaban J connectivity index is 3.93. The predicted molar refractivity (Wildman–Crippen MR) is 68.2 cm³/mol. The van der Waals surface area contributed by atoms with E-state index in [0.29, 0.717) is 24.3 Å². The third-order valence-corrected chi connectivity index (χ3v) is 2.88. The number of carbonyl (C=O) groups is 2. The van der Waals surface area contributed by atoms with Gasteiger partial charge in [-0.25, -0.2) is 0 Å². The number of hydrogen-bond donors (Lipinski definition) is 3. The third kappa shape index (κ3) is 6.94. The van der Waals surface area contributed by atoms with Gasteiger partial charge in [-0.3, -0.25) is 9.59 Å². The molecule has 0 aromatic carbocycles. The van der Waals surface area contributed by atoms with Crippen LogP contribution >= 0.6 is 0 Å². The molecule has 0 bridgehead atoms. The number of nitrogens with two attached hydrogens (primary N) is 1. The van der Waals surface area contributed by atoms with Gasteiger partial charge in [0.15, 0.2) is 0 Å². The smallest absolute Gasteiger partial charge is 0.239 e. The summed E-state index contributed by atoms with van der Waals surface area (Å²) < 4.78 is 0. The summed E-state index contributed by atoms with van der Waals surface area (Å²) in [5.74, 6) is 1.01. The number of rotatable bonds is 7. The van der Waals surface area contributed by atoms with Crippen LogP contribution in [0.25, 0.3) is 0 Å². The van der Waals surface area contributed by atoms with Gasteiger partial charge in [0.2, 0.25) is 11.8 Å². The molecule has 0 saturated heterocycles. The first-order valence-corrected chi connectivity index (χ1v) is 6.12. The van der Waals surface area contributed by atoms with Gasteiger partial charge >= 0.3 is 0 Å². The van der Waals surface area contributed by atoms with Gasteiger partial charge in [0.05, 0.1) is 13.1 Å². The zero-order chi connectivity index (χ0) is 13.4. The molecule has 0 atom stereocenters. The summed E-state index contributed by atoms with van der Waals surface area (Å²) in [5, 5.41) is 5.27. The Morgan fingerprint density at radius 1 is 1.00 bits per heavy atom. The molecule has 2 amide bonds. The molecule has 0 unspecified atom stereocenters. The molecule has 0 heterocycles. The van der Waals surface area contributed by atoms with Crippen LogP contribution in [0, 0.1) is 17.8 Å². The van der Waals surface area contributed by atoms with Crippen LogP contribution in [0.5, 0.6) is 0 Å². The van der Waals surface area contributed by atoms with Gasteiger partial charge in [-0.1, -0.05) is 27.7 Å². The topological polar surface area (TPSA) is 84.2 Å². The van der Waals surface area contributed by atoms with E-state index in [9.17, 15) is 9.59 Å². The molecule has 0 aromatic rings. The summed E-state index contributed by atoms with van der Waals surface area (Å²) in [6.07, 6.45) is 0. The summed E-state index contributed by atoms with van der Waals surface area (Å²) in [6.45, 7) is 9.14. The molecule has 0 aliphatic carbocycles. The van der Waals surface area contributed by atoms with Crippen molar-refractivity contribution in [3.8, 4) is 0 Å². The van der Waals surface area contributed by atoms with E-state index in [0.717, 1.165) is 0 Å². The van der Waals surface area contributed by atoms with Crippen molar-refractivity contribution in [2.75, 3.05) is 19.6 Å². The Morgan fingerprint density at radius 2 is 1.53 bits per heavy atom. The maximum atomic E-state index is 11.4. The molecule has 0 rings (SSSR count). The number of hydrogen-bond acceptors (Lipinski definition) is 3. The second-order valence-corrected chi connectivity index (χ2v) is 4.94. The number of nitrogens with one attached hydrogen (secondary N) is 2. The summed E-state index contributed by atoms with van der Waals surface area (Å²) >= 11 is 0. The maximum Gasteiger partial charge on any atom is 0.239 e. The third-order valence-electron chi connectivity index (χ3n) is 2.88. The molecule has 100 valence electrons. The minimum atomic E-state index is -0.315. The average Bonchev–Trinajstić information content (AvgIpc) is 2.25. The number of carbonyl (C=O) groups excluding carboxylic acids is 2. The fourth-order valence-corrected chi connectivity index (χ4v) is 1.79. The molecular formula is C12H25N3O2. The zero-order valence-electron chi connectivity index (χ0n) is 11.2. The Hall–Kier alpha value is -1.10. The van der Waals surface area contributed by atoms with Gasteiger partial charge < -0.3 is 16.4 Å². The SMILES string of the molecule is CC(C)C(CNC(=O)CNC(=O)CN)C(C)C. The molecule has 0 radical (unpaired) electrons. The van der Waals surface area contributed by atoms with E-state index in [-0.39, 0.29) is 24.9 Å². The molecule has 0 aliphatic heterocycles. The molecule has 0 fully saturated rings. The Morgan fingerprint density at radius 3 is 1.94 bits per heavy atom. The van der Waals surface area contributed by atoms with Crippen LogP contribution in [0.15, 0.2) is 0 Å². The summed E-state index contributed by atoms with van der Waals surface area (Å²) in [4.78, 5) is 22.3. The van der Waals surface area contributed by atoms with Crippen molar-refractivity contribution >= 4 is 11.8 Å². The van der Waals surface area contributed by atoms with Gasteiger partial charge in [0, 0.05) is 6.54 Å². The van der Waals surface area contributed by atoms with Crippen LogP contribution < -0.4 is 16.4 Å². The van der Waals surface area contributed by atoms with E-state index in [1.165, 1.54) is 0 Å². The Labute approximate surface area is 104 Å². The summed E-state index contributed by atoms with van der Waals surface area (Å²) in [7, 11) is 0. The molecule has 0 saturated carbocycles. The monoisotopic (exact) mass is 243 g/mol. The molecule has 5 heteroatoms. The highest BCUT2D eigenvalue weighted by molar-refractivity contribution is 5.85. The van der Waals surface area contributed by atoms with Crippen LogP contribution in [0.1, 0.15) is 27.7 Å². The lowest BCUT2D eigenvalue weighted by atomic mass is 9.85. The van der Waals surface area contributed by atoms with Gasteiger partial charge in [-0.05, 0) is 17.8 Å². The fourth-order valence-electron chi connectivity index (χ4n) is 1.79. The van der Waals surface area contributed by atoms with Crippen LogP contribution in [0.4, 0.5) is 0 Å². The molecule has 5 nitrogen and oxygen atoms in total. The molecule has 4 N–H and O–H groups in total. The molecule has 0 aromatic heterocycles. The van der Waals surface area contributed by atoms with E-state index in [1.807, 2.05) is 0 Å². The lowest BCUT2D eigenvalue weighted by molar-refractivity contribution is -0.125. The van der Waals surface area contributed by atoms with Crippen molar-refractivity contribution in [2.45, 2.75) is 27.7 Å². The molecule has 17 heavy (non-hydrogen) atoms. The van der Waals surface area contributed by atoms with Crippen molar-refractivity contribution in [3.05, 3.63) is 0 Å². The van der Waals surface area contributed by atoms with E-state index in [2.05, 4.69) is 38.3 Å². The second-order valence-electron chi connectivity index (χ2n) is 4.94. The second kappa shape index (κ2) is 8.06. The quantitative estimate of drug-likeness (QED) is 0.593. The predicted octanol–water partition coefficient (Wildman–Crippen LogP) is 0.106. The molecular weight excluding hydrogens is 218 g/mol. The Kier molecular flexibility index (Phi) is 7.54.